The average molecular weight is 400 g/mol. The standard InChI is InChI=1S/C9H6I2S/c1-5-8(11)7(10)4-6-2-3-12-9(5)6/h2-4H,1H3. The van der Waals surface area contributed by atoms with Gasteiger partial charge in [0.05, 0.1) is 0 Å². The molecule has 1 heterocycles. The van der Waals surface area contributed by atoms with Crippen LogP contribution in [0.4, 0.5) is 0 Å². The summed E-state index contributed by atoms with van der Waals surface area (Å²) in [5, 5.41) is 3.53. The van der Waals surface area contributed by atoms with Gasteiger partial charge in [0.1, 0.15) is 0 Å². The molecule has 62 valence electrons. The molecule has 0 aliphatic rings. The van der Waals surface area contributed by atoms with E-state index >= 15 is 0 Å². The van der Waals surface area contributed by atoms with Gasteiger partial charge in [-0.25, -0.2) is 0 Å². The van der Waals surface area contributed by atoms with Crippen LogP contribution in [0.15, 0.2) is 17.5 Å². The summed E-state index contributed by atoms with van der Waals surface area (Å²) in [6.45, 7) is 2.20. The summed E-state index contributed by atoms with van der Waals surface area (Å²) in [7, 11) is 0. The van der Waals surface area contributed by atoms with Crippen molar-refractivity contribution in [2.24, 2.45) is 0 Å². The van der Waals surface area contributed by atoms with Gasteiger partial charge in [0.25, 0.3) is 0 Å². The summed E-state index contributed by atoms with van der Waals surface area (Å²) in [6, 6.07) is 4.44. The minimum absolute atomic E-state index is 1.36. The molecule has 0 saturated carbocycles. The molecule has 0 spiro atoms. The number of hydrogen-bond donors (Lipinski definition) is 0. The molecule has 0 atom stereocenters. The molecule has 0 aliphatic heterocycles. The van der Waals surface area contributed by atoms with Crippen molar-refractivity contribution in [3.63, 3.8) is 0 Å². The lowest BCUT2D eigenvalue weighted by atomic mass is 10.2. The smallest absolute Gasteiger partial charge is 0.0383 e. The van der Waals surface area contributed by atoms with Gasteiger partial charge in [-0.05, 0) is 80.6 Å². The van der Waals surface area contributed by atoms with Crippen molar-refractivity contribution >= 4 is 66.6 Å². The van der Waals surface area contributed by atoms with Crippen LogP contribution in [-0.2, 0) is 0 Å². The first-order chi connectivity index (χ1) is 5.70. The summed E-state index contributed by atoms with van der Waals surface area (Å²) in [4.78, 5) is 0. The number of aryl methyl sites for hydroxylation is 1. The normalized spacial score (nSPS) is 10.9. The Hall–Kier alpha value is 0.640. The maximum absolute atomic E-state index is 2.41. The monoisotopic (exact) mass is 400 g/mol. The zero-order valence-corrected chi connectivity index (χ0v) is 11.5. The molecule has 1 aromatic carbocycles. The van der Waals surface area contributed by atoms with Gasteiger partial charge in [-0.2, -0.15) is 0 Å². The van der Waals surface area contributed by atoms with Crippen molar-refractivity contribution in [3.8, 4) is 0 Å². The van der Waals surface area contributed by atoms with E-state index in [1.165, 1.54) is 22.8 Å². The number of fused-ring (bicyclic) bond motifs is 1. The molecular formula is C9H6I2S. The van der Waals surface area contributed by atoms with Crippen molar-refractivity contribution in [2.45, 2.75) is 6.92 Å². The SMILES string of the molecule is Cc1c(I)c(I)cc2ccsc12. The molecule has 0 fully saturated rings. The van der Waals surface area contributed by atoms with Crippen molar-refractivity contribution in [1.29, 1.82) is 0 Å². The highest BCUT2D eigenvalue weighted by Gasteiger charge is 2.06. The Kier molecular flexibility index (Phi) is 2.62. The Bertz CT molecular complexity index is 431. The highest BCUT2D eigenvalue weighted by atomic mass is 127. The summed E-state index contributed by atoms with van der Waals surface area (Å²) < 4.78 is 4.18. The summed E-state index contributed by atoms with van der Waals surface area (Å²) in [6.07, 6.45) is 0. The minimum atomic E-state index is 1.36. The van der Waals surface area contributed by atoms with Gasteiger partial charge >= 0.3 is 0 Å². The molecule has 0 unspecified atom stereocenters. The Morgan fingerprint density at radius 2 is 2.08 bits per heavy atom. The molecule has 2 rings (SSSR count). The molecule has 0 radical (unpaired) electrons. The van der Waals surface area contributed by atoms with E-state index in [4.69, 9.17) is 0 Å². The number of hydrogen-bond acceptors (Lipinski definition) is 1. The van der Waals surface area contributed by atoms with Crippen LogP contribution < -0.4 is 0 Å². The molecule has 0 aliphatic carbocycles. The highest BCUT2D eigenvalue weighted by molar-refractivity contribution is 14.1. The predicted octanol–water partition coefficient (Wildman–Crippen LogP) is 4.42. The van der Waals surface area contributed by atoms with E-state index in [-0.39, 0.29) is 0 Å². The zero-order chi connectivity index (χ0) is 8.72. The maximum atomic E-state index is 2.41. The maximum Gasteiger partial charge on any atom is 0.0383 e. The van der Waals surface area contributed by atoms with E-state index in [1.807, 2.05) is 11.3 Å². The lowest BCUT2D eigenvalue weighted by molar-refractivity contribution is 1.47. The third-order valence-electron chi connectivity index (χ3n) is 1.86. The Labute approximate surface area is 103 Å². The van der Waals surface area contributed by atoms with Crippen LogP contribution >= 0.6 is 56.5 Å². The van der Waals surface area contributed by atoms with Crippen molar-refractivity contribution in [1.82, 2.24) is 0 Å². The molecule has 0 N–H and O–H groups in total. The van der Waals surface area contributed by atoms with Crippen LogP contribution in [0.25, 0.3) is 10.1 Å². The average Bonchev–Trinajstić information content (AvgIpc) is 2.48. The second kappa shape index (κ2) is 3.42. The van der Waals surface area contributed by atoms with Gasteiger partial charge in [0, 0.05) is 11.8 Å². The van der Waals surface area contributed by atoms with Gasteiger partial charge in [-0.15, -0.1) is 11.3 Å². The van der Waals surface area contributed by atoms with Crippen LogP contribution in [0.3, 0.4) is 0 Å². The van der Waals surface area contributed by atoms with Crippen LogP contribution in [0.2, 0.25) is 0 Å². The quantitative estimate of drug-likeness (QED) is 0.575. The first-order valence-electron chi connectivity index (χ1n) is 3.52. The summed E-state index contributed by atoms with van der Waals surface area (Å²) in [5.74, 6) is 0. The molecule has 0 amide bonds. The van der Waals surface area contributed by atoms with Gasteiger partial charge in [0.15, 0.2) is 0 Å². The first-order valence-corrected chi connectivity index (χ1v) is 6.55. The number of benzene rings is 1. The molecule has 2 aromatic rings. The molecule has 0 bridgehead atoms. The lowest BCUT2D eigenvalue weighted by Gasteiger charge is -2.02. The number of halogens is 2. The minimum Gasteiger partial charge on any atom is -0.144 e. The van der Waals surface area contributed by atoms with Crippen molar-refractivity contribution < 1.29 is 0 Å². The Morgan fingerprint density at radius 1 is 1.33 bits per heavy atom. The highest BCUT2D eigenvalue weighted by Crippen LogP contribution is 2.31. The van der Waals surface area contributed by atoms with Crippen LogP contribution in [-0.4, -0.2) is 0 Å². The molecular weight excluding hydrogens is 394 g/mol. The van der Waals surface area contributed by atoms with E-state index in [9.17, 15) is 0 Å². The zero-order valence-electron chi connectivity index (χ0n) is 6.40. The largest absolute Gasteiger partial charge is 0.144 e. The van der Waals surface area contributed by atoms with E-state index in [2.05, 4.69) is 69.6 Å². The van der Waals surface area contributed by atoms with Crippen LogP contribution in [0.1, 0.15) is 5.56 Å². The molecule has 12 heavy (non-hydrogen) atoms. The summed E-state index contributed by atoms with van der Waals surface area (Å²) >= 11 is 6.64. The fourth-order valence-electron chi connectivity index (χ4n) is 1.22. The second-order valence-electron chi connectivity index (χ2n) is 2.64. The molecule has 1 aromatic heterocycles. The first kappa shape index (κ1) is 9.21. The lowest BCUT2D eigenvalue weighted by Crippen LogP contribution is -1.84. The van der Waals surface area contributed by atoms with Gasteiger partial charge < -0.3 is 0 Å². The molecule has 3 heteroatoms. The Balaban J connectivity index is 2.94. The second-order valence-corrected chi connectivity index (χ2v) is 5.79. The van der Waals surface area contributed by atoms with E-state index in [0.717, 1.165) is 0 Å². The van der Waals surface area contributed by atoms with Crippen molar-refractivity contribution in [2.75, 3.05) is 0 Å². The van der Waals surface area contributed by atoms with Crippen molar-refractivity contribution in [3.05, 3.63) is 30.2 Å². The summed E-state index contributed by atoms with van der Waals surface area (Å²) in [5.41, 5.74) is 1.42. The molecule has 0 nitrogen and oxygen atoms in total. The predicted molar refractivity (Wildman–Crippen MR) is 72.0 cm³/mol. The van der Waals surface area contributed by atoms with Gasteiger partial charge in [0.2, 0.25) is 0 Å². The third-order valence-corrected chi connectivity index (χ3v) is 6.18. The topological polar surface area (TPSA) is 0 Å². The third kappa shape index (κ3) is 1.39. The molecule has 0 saturated heterocycles. The van der Waals surface area contributed by atoms with Gasteiger partial charge in [-0.3, -0.25) is 0 Å². The fraction of sp³-hybridized carbons (Fsp3) is 0.111. The van der Waals surface area contributed by atoms with Crippen LogP contribution in [0, 0.1) is 14.1 Å². The van der Waals surface area contributed by atoms with E-state index in [1.54, 1.807) is 0 Å². The Morgan fingerprint density at radius 3 is 2.83 bits per heavy atom. The number of rotatable bonds is 0. The van der Waals surface area contributed by atoms with Crippen LogP contribution in [0.5, 0.6) is 0 Å². The fourth-order valence-corrected chi connectivity index (χ4v) is 3.46. The van der Waals surface area contributed by atoms with E-state index in [0.29, 0.717) is 0 Å². The van der Waals surface area contributed by atoms with E-state index < -0.39 is 0 Å². The number of thiophene rings is 1. The van der Waals surface area contributed by atoms with Gasteiger partial charge in [-0.1, -0.05) is 0 Å².